The van der Waals surface area contributed by atoms with Crippen molar-refractivity contribution in [2.45, 2.75) is 26.7 Å². The van der Waals surface area contributed by atoms with Crippen LogP contribution in [0.5, 0.6) is 0 Å². The largest absolute Gasteiger partial charge is 0.355 e. The quantitative estimate of drug-likeness (QED) is 0.355. The second-order valence-corrected chi connectivity index (χ2v) is 9.44. The highest BCUT2D eigenvalue weighted by Crippen LogP contribution is 2.33. The summed E-state index contributed by atoms with van der Waals surface area (Å²) in [5.41, 5.74) is 5.91. The van der Waals surface area contributed by atoms with Gasteiger partial charge in [0.15, 0.2) is 0 Å². The van der Waals surface area contributed by atoms with Crippen LogP contribution in [0.3, 0.4) is 0 Å². The summed E-state index contributed by atoms with van der Waals surface area (Å²) in [4.78, 5) is 30.4. The van der Waals surface area contributed by atoms with Crippen LogP contribution in [0, 0.1) is 0 Å². The van der Waals surface area contributed by atoms with E-state index in [1.807, 2.05) is 67.3 Å². The lowest BCUT2D eigenvalue weighted by Gasteiger charge is -2.30. The molecule has 1 heterocycles. The number of benzene rings is 2. The van der Waals surface area contributed by atoms with Crippen LogP contribution in [0.25, 0.3) is 5.57 Å². The topological polar surface area (TPSA) is 52.7 Å². The van der Waals surface area contributed by atoms with Gasteiger partial charge in [-0.3, -0.25) is 14.5 Å². The molecule has 190 valence electrons. The third kappa shape index (κ3) is 6.77. The molecule has 1 fully saturated rings. The van der Waals surface area contributed by atoms with Gasteiger partial charge in [0, 0.05) is 50.9 Å². The zero-order valence-electron chi connectivity index (χ0n) is 21.6. The minimum absolute atomic E-state index is 0.0470. The minimum Gasteiger partial charge on any atom is -0.355 e. The molecule has 1 N–H and O–H groups in total. The number of rotatable bonds is 9. The van der Waals surface area contributed by atoms with Crippen molar-refractivity contribution in [3.05, 3.63) is 100.0 Å². The first kappa shape index (κ1) is 27.5. The predicted octanol–water partition coefficient (Wildman–Crippen LogP) is 5.43. The van der Waals surface area contributed by atoms with Crippen LogP contribution in [0.2, 0.25) is 0 Å². The van der Waals surface area contributed by atoms with E-state index in [4.69, 9.17) is 0 Å². The van der Waals surface area contributed by atoms with Gasteiger partial charge in [0.25, 0.3) is 11.8 Å². The maximum absolute atomic E-state index is 12.8. The molecule has 0 bridgehead atoms. The van der Waals surface area contributed by atoms with Crippen molar-refractivity contribution >= 4 is 30.0 Å². The van der Waals surface area contributed by atoms with Gasteiger partial charge in [0.1, 0.15) is 0 Å². The van der Waals surface area contributed by atoms with Gasteiger partial charge in [-0.2, -0.15) is 0 Å². The molecule has 1 saturated heterocycles. The average Bonchev–Trinajstić information content (AvgIpc) is 2.90. The van der Waals surface area contributed by atoms with Gasteiger partial charge < -0.3 is 10.2 Å². The summed E-state index contributed by atoms with van der Waals surface area (Å²) in [6.45, 7) is 11.8. The lowest BCUT2D eigenvalue weighted by molar-refractivity contribution is 0.0772. The number of thiol groups is 1. The van der Waals surface area contributed by atoms with Gasteiger partial charge in [-0.15, -0.1) is 12.6 Å². The fraction of sp³-hybridized carbons (Fsp3) is 0.333. The van der Waals surface area contributed by atoms with E-state index in [-0.39, 0.29) is 11.8 Å². The molecule has 5 nitrogen and oxygen atoms in total. The van der Waals surface area contributed by atoms with Gasteiger partial charge in [0.05, 0.1) is 0 Å². The first-order valence-electron chi connectivity index (χ1n) is 12.6. The molecule has 0 unspecified atom stereocenters. The van der Waals surface area contributed by atoms with Gasteiger partial charge in [-0.25, -0.2) is 0 Å². The molecule has 2 amide bonds. The van der Waals surface area contributed by atoms with Crippen LogP contribution < -0.4 is 5.32 Å². The van der Waals surface area contributed by atoms with E-state index in [0.717, 1.165) is 54.1 Å². The van der Waals surface area contributed by atoms with E-state index in [0.29, 0.717) is 24.2 Å². The molecular formula is C30H37N3O2S. The molecule has 0 aliphatic carbocycles. The Kier molecular flexibility index (Phi) is 10.1. The van der Waals surface area contributed by atoms with Crippen LogP contribution in [-0.2, 0) is 0 Å². The summed E-state index contributed by atoms with van der Waals surface area (Å²) in [5, 5.41) is 2.72. The second kappa shape index (κ2) is 13.3. The lowest BCUT2D eigenvalue weighted by atomic mass is 9.87. The Morgan fingerprint density at radius 2 is 1.61 bits per heavy atom. The SMILES string of the molecule is C=C/C=C(\S)CN1CCC(=C(c2ccc(C(=O)N(CC)CC)cc2)c2cccc(C(=O)NC)c2)CC1. The number of carbonyl (C=O) groups excluding carboxylic acids is 2. The number of allylic oxidation sites excluding steroid dienone is 2. The van der Waals surface area contributed by atoms with Crippen molar-refractivity contribution in [2.75, 3.05) is 39.8 Å². The van der Waals surface area contributed by atoms with Crippen LogP contribution in [0.4, 0.5) is 0 Å². The van der Waals surface area contributed by atoms with Crippen LogP contribution in [-0.4, -0.2) is 61.4 Å². The van der Waals surface area contributed by atoms with Crippen molar-refractivity contribution in [3.63, 3.8) is 0 Å². The first-order valence-corrected chi connectivity index (χ1v) is 13.0. The molecule has 2 aromatic rings. The smallest absolute Gasteiger partial charge is 0.253 e. The number of amides is 2. The third-order valence-corrected chi connectivity index (χ3v) is 6.91. The number of piperidine rings is 1. The fourth-order valence-corrected chi connectivity index (χ4v) is 4.96. The van der Waals surface area contributed by atoms with Gasteiger partial charge in [-0.05, 0) is 72.6 Å². The standard InChI is InChI=1S/C30H37N3O2S/c1-5-9-27(36)21-32-18-16-23(17-19-32)28(25-10-8-11-26(20-25)29(34)31-4)22-12-14-24(15-13-22)30(35)33(6-2)7-3/h5,8-15,20,36H,1,6-7,16-19,21H2,2-4H3,(H,31,34)/b27-9-. The van der Waals surface area contributed by atoms with Crippen LogP contribution >= 0.6 is 12.6 Å². The molecule has 1 aliphatic rings. The summed E-state index contributed by atoms with van der Waals surface area (Å²) >= 11 is 4.56. The Morgan fingerprint density at radius 1 is 1.00 bits per heavy atom. The molecule has 0 radical (unpaired) electrons. The highest BCUT2D eigenvalue weighted by molar-refractivity contribution is 7.84. The molecule has 3 rings (SSSR count). The van der Waals surface area contributed by atoms with Crippen LogP contribution in [0.1, 0.15) is 58.5 Å². The summed E-state index contributed by atoms with van der Waals surface area (Å²) < 4.78 is 0. The molecule has 0 saturated carbocycles. The van der Waals surface area contributed by atoms with Gasteiger partial charge in [0.2, 0.25) is 0 Å². The fourth-order valence-electron chi connectivity index (χ4n) is 4.66. The van der Waals surface area contributed by atoms with Crippen LogP contribution in [0.15, 0.2) is 77.7 Å². The van der Waals surface area contributed by atoms with E-state index in [1.54, 1.807) is 13.1 Å². The Labute approximate surface area is 221 Å². The van der Waals surface area contributed by atoms with Crippen molar-refractivity contribution in [2.24, 2.45) is 0 Å². The number of hydrogen-bond donors (Lipinski definition) is 2. The lowest BCUT2D eigenvalue weighted by Crippen LogP contribution is -2.32. The molecule has 0 atom stereocenters. The third-order valence-electron chi connectivity index (χ3n) is 6.62. The predicted molar refractivity (Wildman–Crippen MR) is 152 cm³/mol. The maximum atomic E-state index is 12.8. The zero-order valence-corrected chi connectivity index (χ0v) is 22.5. The van der Waals surface area contributed by atoms with Crippen molar-refractivity contribution in [1.29, 1.82) is 0 Å². The average molecular weight is 504 g/mol. The zero-order chi connectivity index (χ0) is 26.1. The summed E-state index contributed by atoms with van der Waals surface area (Å²) in [5.74, 6) is -0.0580. The molecule has 6 heteroatoms. The molecule has 2 aromatic carbocycles. The summed E-state index contributed by atoms with van der Waals surface area (Å²) in [6, 6.07) is 15.7. The number of nitrogens with zero attached hydrogens (tertiary/aromatic N) is 2. The molecular weight excluding hydrogens is 466 g/mol. The second-order valence-electron chi connectivity index (χ2n) is 8.86. The number of likely N-dealkylation sites (tertiary alicyclic amines) is 1. The molecule has 36 heavy (non-hydrogen) atoms. The summed E-state index contributed by atoms with van der Waals surface area (Å²) in [6.07, 6.45) is 5.55. The van der Waals surface area contributed by atoms with Gasteiger partial charge in [-0.1, -0.05) is 48.6 Å². The molecule has 0 spiro atoms. The number of carbonyl (C=O) groups is 2. The molecule has 1 aliphatic heterocycles. The van der Waals surface area contributed by atoms with Gasteiger partial charge >= 0.3 is 0 Å². The minimum atomic E-state index is -0.105. The normalized spacial score (nSPS) is 14.3. The van der Waals surface area contributed by atoms with E-state index in [1.165, 1.54) is 5.57 Å². The Bertz CT molecular complexity index is 1140. The number of nitrogens with one attached hydrogen (secondary N) is 1. The molecule has 0 aromatic heterocycles. The Morgan fingerprint density at radius 3 is 2.19 bits per heavy atom. The van der Waals surface area contributed by atoms with E-state index in [2.05, 4.69) is 35.5 Å². The first-order chi connectivity index (χ1) is 17.4. The number of hydrogen-bond acceptors (Lipinski definition) is 4. The Hall–Kier alpha value is -3.09. The highest BCUT2D eigenvalue weighted by atomic mass is 32.1. The van der Waals surface area contributed by atoms with E-state index < -0.39 is 0 Å². The maximum Gasteiger partial charge on any atom is 0.253 e. The van der Waals surface area contributed by atoms with E-state index >= 15 is 0 Å². The van der Waals surface area contributed by atoms with Crippen molar-refractivity contribution in [1.82, 2.24) is 15.1 Å². The van der Waals surface area contributed by atoms with Crippen molar-refractivity contribution < 1.29 is 9.59 Å². The highest BCUT2D eigenvalue weighted by Gasteiger charge is 2.21. The van der Waals surface area contributed by atoms with Crippen molar-refractivity contribution in [3.8, 4) is 0 Å². The Balaban J connectivity index is 1.98. The monoisotopic (exact) mass is 503 g/mol. The van der Waals surface area contributed by atoms with E-state index in [9.17, 15) is 9.59 Å². The summed E-state index contributed by atoms with van der Waals surface area (Å²) in [7, 11) is 1.65.